The van der Waals surface area contributed by atoms with Gasteiger partial charge in [0, 0.05) is 0 Å². The smallest absolute Gasteiger partial charge is 0.550 e. The molecule has 0 saturated heterocycles. The Morgan fingerprint density at radius 1 is 0.364 bits per heavy atom. The first kappa shape index (κ1) is 58.0. The van der Waals surface area contributed by atoms with E-state index in [-0.39, 0.29) is 23.1 Å². The number of unbranched alkanes of at least 4 members (excludes halogenated alkanes) is 24. The van der Waals surface area contributed by atoms with E-state index in [4.69, 9.17) is 9.47 Å². The number of esters is 2. The van der Waals surface area contributed by atoms with Crippen molar-refractivity contribution in [2.24, 2.45) is 0 Å². The molecular weight excluding hydrogens is 705 g/mol. The quantitative estimate of drug-likeness (QED) is 0.0261. The molecule has 0 amide bonds. The Morgan fingerprint density at radius 3 is 0.745 bits per heavy atom. The second kappa shape index (κ2) is 40.8. The standard InChI is InChI=1S/2C23H44O4.Mg/c2*1-4-6-8-10-11-12-13-14-15-17-19-23(3,18-16-9-7-5-2)27-22(26)20-21(24)25;/h2*4-20H2,1-3H3,(H,24,25);/q;;+2/p-2. The fourth-order valence-corrected chi connectivity index (χ4v) is 7.14. The Labute approximate surface area is 355 Å². The summed E-state index contributed by atoms with van der Waals surface area (Å²) in [6.07, 6.45) is 36.4. The fraction of sp³-hybridized carbons (Fsp3) is 0.913. The van der Waals surface area contributed by atoms with Crippen molar-refractivity contribution in [1.29, 1.82) is 0 Å². The van der Waals surface area contributed by atoms with Crippen LogP contribution in [0.5, 0.6) is 0 Å². The summed E-state index contributed by atoms with van der Waals surface area (Å²) >= 11 is 0. The van der Waals surface area contributed by atoms with Crippen LogP contribution in [0.25, 0.3) is 0 Å². The van der Waals surface area contributed by atoms with Crippen LogP contribution < -0.4 is 10.2 Å². The zero-order valence-corrected chi connectivity index (χ0v) is 38.4. The van der Waals surface area contributed by atoms with Crippen LogP contribution in [0.1, 0.15) is 260 Å². The Balaban J connectivity index is -0.000000966. The van der Waals surface area contributed by atoms with Gasteiger partial charge >= 0.3 is 35.0 Å². The van der Waals surface area contributed by atoms with Crippen molar-refractivity contribution in [2.45, 2.75) is 271 Å². The number of hydrogen-bond acceptors (Lipinski definition) is 8. The average molecular weight is 791 g/mol. The molecule has 2 unspecified atom stereocenters. The van der Waals surface area contributed by atoms with E-state index in [1.807, 2.05) is 13.8 Å². The summed E-state index contributed by atoms with van der Waals surface area (Å²) in [5.74, 6) is -4.07. The third-order valence-electron chi connectivity index (χ3n) is 10.5. The van der Waals surface area contributed by atoms with Gasteiger partial charge in [-0.1, -0.05) is 182 Å². The maximum Gasteiger partial charge on any atom is 2.00 e. The first-order chi connectivity index (χ1) is 25.9. The summed E-state index contributed by atoms with van der Waals surface area (Å²) in [5, 5.41) is 21.3. The first-order valence-corrected chi connectivity index (χ1v) is 22.7. The van der Waals surface area contributed by atoms with Gasteiger partial charge in [-0.25, -0.2) is 0 Å². The van der Waals surface area contributed by atoms with Crippen molar-refractivity contribution in [3.63, 3.8) is 0 Å². The molecular formula is C46H86MgO8. The van der Waals surface area contributed by atoms with Crippen LogP contribution in [0.15, 0.2) is 0 Å². The van der Waals surface area contributed by atoms with Gasteiger partial charge in [-0.15, -0.1) is 0 Å². The number of ether oxygens (including phenoxy) is 2. The Kier molecular flexibility index (Phi) is 43.0. The van der Waals surface area contributed by atoms with E-state index in [9.17, 15) is 29.4 Å². The average Bonchev–Trinajstić information content (AvgIpc) is 3.10. The van der Waals surface area contributed by atoms with Crippen LogP contribution in [-0.4, -0.2) is 58.1 Å². The molecule has 0 aliphatic heterocycles. The zero-order chi connectivity index (χ0) is 40.8. The van der Waals surface area contributed by atoms with Gasteiger partial charge in [0.15, 0.2) is 0 Å². The summed E-state index contributed by atoms with van der Waals surface area (Å²) in [4.78, 5) is 44.8. The fourth-order valence-electron chi connectivity index (χ4n) is 7.14. The summed E-state index contributed by atoms with van der Waals surface area (Å²) < 4.78 is 11.1. The van der Waals surface area contributed by atoms with E-state index in [2.05, 4.69) is 27.7 Å². The predicted molar refractivity (Wildman–Crippen MR) is 224 cm³/mol. The molecule has 0 N–H and O–H groups in total. The van der Waals surface area contributed by atoms with Crippen LogP contribution in [0.2, 0.25) is 0 Å². The molecule has 0 aliphatic carbocycles. The molecule has 55 heavy (non-hydrogen) atoms. The summed E-state index contributed by atoms with van der Waals surface area (Å²) in [7, 11) is 0. The number of hydrogen-bond donors (Lipinski definition) is 0. The largest absolute Gasteiger partial charge is 2.00 e. The normalized spacial score (nSPS) is 13.1. The summed E-state index contributed by atoms with van der Waals surface area (Å²) in [5.41, 5.74) is -1.08. The van der Waals surface area contributed by atoms with Crippen LogP contribution in [-0.2, 0) is 28.7 Å². The summed E-state index contributed by atoms with van der Waals surface area (Å²) in [6.45, 7) is 12.7. The van der Waals surface area contributed by atoms with Crippen LogP contribution in [0.4, 0.5) is 0 Å². The first-order valence-electron chi connectivity index (χ1n) is 22.7. The zero-order valence-electron chi connectivity index (χ0n) is 37.0. The molecule has 0 heterocycles. The van der Waals surface area contributed by atoms with Gasteiger partial charge in [0.2, 0.25) is 0 Å². The van der Waals surface area contributed by atoms with Gasteiger partial charge in [-0.2, -0.15) is 0 Å². The molecule has 0 bridgehead atoms. The number of carboxylic acid groups (broad SMARTS) is 2. The SMILES string of the molecule is CCCCCCCCCCCCC(C)(CCCCCC)OC(=O)CC(=O)[O-].CCCCCCCCCCCCC(C)(CCCCCC)OC(=O)CC(=O)[O-].[Mg+2]. The molecule has 320 valence electrons. The van der Waals surface area contributed by atoms with Crippen LogP contribution in [0.3, 0.4) is 0 Å². The van der Waals surface area contributed by atoms with Crippen molar-refractivity contribution in [3.05, 3.63) is 0 Å². The topological polar surface area (TPSA) is 133 Å². The van der Waals surface area contributed by atoms with Gasteiger partial charge in [-0.05, 0) is 65.2 Å². The van der Waals surface area contributed by atoms with Crippen molar-refractivity contribution >= 4 is 46.9 Å². The third-order valence-corrected chi connectivity index (χ3v) is 10.5. The molecule has 0 aromatic heterocycles. The van der Waals surface area contributed by atoms with Gasteiger partial charge in [0.1, 0.15) is 11.2 Å². The number of carbonyl (C=O) groups excluding carboxylic acids is 4. The minimum atomic E-state index is -1.37. The molecule has 0 fully saturated rings. The van der Waals surface area contributed by atoms with E-state index in [0.29, 0.717) is 0 Å². The molecule has 0 spiro atoms. The Hall–Kier alpha value is -1.35. The molecule has 0 rings (SSSR count). The maximum absolute atomic E-state index is 11.8. The minimum absolute atomic E-state index is 0. The number of aliphatic carboxylic acids is 2. The molecule has 0 saturated carbocycles. The Bertz CT molecular complexity index is 840. The van der Waals surface area contributed by atoms with E-state index < -0.39 is 47.9 Å². The minimum Gasteiger partial charge on any atom is -0.550 e. The van der Waals surface area contributed by atoms with Crippen molar-refractivity contribution in [1.82, 2.24) is 0 Å². The van der Waals surface area contributed by atoms with Gasteiger partial charge in [0.25, 0.3) is 0 Å². The molecule has 9 heteroatoms. The molecule has 0 aromatic carbocycles. The van der Waals surface area contributed by atoms with Crippen molar-refractivity contribution < 1.29 is 38.9 Å². The predicted octanol–water partition coefficient (Wildman–Crippen LogP) is 11.0. The third kappa shape index (κ3) is 42.1. The second-order valence-corrected chi connectivity index (χ2v) is 16.4. The number of carbonyl (C=O) groups is 4. The van der Waals surface area contributed by atoms with E-state index in [1.165, 1.54) is 128 Å². The van der Waals surface area contributed by atoms with Crippen molar-refractivity contribution in [3.8, 4) is 0 Å². The van der Waals surface area contributed by atoms with Gasteiger partial charge in [0.05, 0.1) is 24.8 Å². The Morgan fingerprint density at radius 2 is 0.545 bits per heavy atom. The van der Waals surface area contributed by atoms with Gasteiger partial charge < -0.3 is 29.3 Å². The molecule has 0 radical (unpaired) electrons. The second-order valence-electron chi connectivity index (χ2n) is 16.4. The van der Waals surface area contributed by atoms with Crippen LogP contribution in [0, 0.1) is 0 Å². The molecule has 2 atom stereocenters. The molecule has 8 nitrogen and oxygen atoms in total. The monoisotopic (exact) mass is 791 g/mol. The van der Waals surface area contributed by atoms with Crippen molar-refractivity contribution in [2.75, 3.05) is 0 Å². The number of carboxylic acids is 2. The van der Waals surface area contributed by atoms with E-state index in [1.54, 1.807) is 0 Å². The molecule has 0 aliphatic rings. The van der Waals surface area contributed by atoms with E-state index in [0.717, 1.165) is 77.0 Å². The van der Waals surface area contributed by atoms with E-state index >= 15 is 0 Å². The van der Waals surface area contributed by atoms with Crippen LogP contribution >= 0.6 is 0 Å². The maximum atomic E-state index is 11.8. The summed E-state index contributed by atoms with van der Waals surface area (Å²) in [6, 6.07) is 0. The number of rotatable bonds is 38. The van der Waals surface area contributed by atoms with Gasteiger partial charge in [-0.3, -0.25) is 9.59 Å². The molecule has 0 aromatic rings.